The number of carboxylic acids is 2. The standard InChI is InChI=1S/C3H3N.2C2H4O2/c1-2-3-4;2*1-2(3)4/h2H,1H2;2*1H3,(H,3,4). The first-order valence-corrected chi connectivity index (χ1v) is 2.78. The molecule has 0 aliphatic carbocycles. The summed E-state index contributed by atoms with van der Waals surface area (Å²) >= 11 is 0. The van der Waals surface area contributed by atoms with Crippen molar-refractivity contribution in [2.75, 3.05) is 0 Å². The molecular formula is C7H11NO4. The van der Waals surface area contributed by atoms with Crippen LogP contribution >= 0.6 is 0 Å². The Kier molecular flexibility index (Phi) is 22.3. The van der Waals surface area contributed by atoms with Crippen molar-refractivity contribution >= 4 is 11.9 Å². The van der Waals surface area contributed by atoms with Crippen molar-refractivity contribution in [3.05, 3.63) is 12.7 Å². The third-order valence-corrected chi connectivity index (χ3v) is 0.0913. The first-order chi connectivity index (χ1) is 5.38. The van der Waals surface area contributed by atoms with Gasteiger partial charge in [0.05, 0.1) is 6.07 Å². The highest BCUT2D eigenvalue weighted by Gasteiger charge is 1.65. The number of hydrogen-bond donors (Lipinski definition) is 2. The van der Waals surface area contributed by atoms with Crippen LogP contribution in [0, 0.1) is 11.3 Å². The second kappa shape index (κ2) is 16.1. The van der Waals surface area contributed by atoms with E-state index in [1.54, 1.807) is 6.07 Å². The Bertz CT molecular complexity index is 160. The van der Waals surface area contributed by atoms with E-state index in [2.05, 4.69) is 6.58 Å². The van der Waals surface area contributed by atoms with Gasteiger partial charge in [0.1, 0.15) is 0 Å². The number of allylic oxidation sites excluding steroid dienone is 1. The fourth-order valence-electron chi connectivity index (χ4n) is 0. The predicted molar refractivity (Wildman–Crippen MR) is 42.4 cm³/mol. The van der Waals surface area contributed by atoms with Crippen molar-refractivity contribution < 1.29 is 19.8 Å². The van der Waals surface area contributed by atoms with Gasteiger partial charge >= 0.3 is 0 Å². The second-order valence-electron chi connectivity index (χ2n) is 1.37. The summed E-state index contributed by atoms with van der Waals surface area (Å²) in [6.45, 7) is 5.28. The predicted octanol–water partition coefficient (Wildman–Crippen LogP) is 0.878. The van der Waals surface area contributed by atoms with Gasteiger partial charge < -0.3 is 10.2 Å². The van der Waals surface area contributed by atoms with Crippen molar-refractivity contribution in [2.45, 2.75) is 13.8 Å². The molecule has 0 fully saturated rings. The third kappa shape index (κ3) is 610. The molecule has 0 bridgehead atoms. The van der Waals surface area contributed by atoms with Gasteiger partial charge in [0, 0.05) is 19.9 Å². The first-order valence-electron chi connectivity index (χ1n) is 2.78. The van der Waals surface area contributed by atoms with E-state index < -0.39 is 11.9 Å². The van der Waals surface area contributed by atoms with Gasteiger partial charge in [-0.25, -0.2) is 0 Å². The number of carboxylic acid groups (broad SMARTS) is 2. The molecule has 0 aliphatic rings. The van der Waals surface area contributed by atoms with Crippen molar-refractivity contribution in [1.82, 2.24) is 0 Å². The molecule has 0 saturated carbocycles. The van der Waals surface area contributed by atoms with E-state index in [0.29, 0.717) is 0 Å². The molecule has 0 amide bonds. The quantitative estimate of drug-likeness (QED) is 0.530. The molecule has 0 rings (SSSR count). The van der Waals surface area contributed by atoms with Crippen LogP contribution in [0.2, 0.25) is 0 Å². The number of carbonyl (C=O) groups is 2. The molecule has 5 heteroatoms. The van der Waals surface area contributed by atoms with Gasteiger partial charge in [-0.1, -0.05) is 6.58 Å². The fourth-order valence-corrected chi connectivity index (χ4v) is 0. The van der Waals surface area contributed by atoms with E-state index in [4.69, 9.17) is 25.1 Å². The zero-order valence-corrected chi connectivity index (χ0v) is 6.94. The maximum absolute atomic E-state index is 9.00. The van der Waals surface area contributed by atoms with Crippen LogP contribution in [-0.2, 0) is 9.59 Å². The molecule has 0 aromatic heterocycles. The average Bonchev–Trinajstić information content (AvgIpc) is 1.85. The Labute approximate surface area is 70.6 Å². The van der Waals surface area contributed by atoms with Crippen LogP contribution in [0.3, 0.4) is 0 Å². The summed E-state index contributed by atoms with van der Waals surface area (Å²) < 4.78 is 0. The molecule has 0 aromatic carbocycles. The summed E-state index contributed by atoms with van der Waals surface area (Å²) in [5.74, 6) is -1.67. The highest BCUT2D eigenvalue weighted by Crippen LogP contribution is 1.42. The van der Waals surface area contributed by atoms with Gasteiger partial charge in [0.25, 0.3) is 11.9 Å². The van der Waals surface area contributed by atoms with E-state index in [0.717, 1.165) is 13.8 Å². The summed E-state index contributed by atoms with van der Waals surface area (Å²) in [7, 11) is 0. The fraction of sp³-hybridized carbons (Fsp3) is 0.286. The summed E-state index contributed by atoms with van der Waals surface area (Å²) in [5.41, 5.74) is 0. The van der Waals surface area contributed by atoms with E-state index in [9.17, 15) is 0 Å². The Morgan fingerprint density at radius 3 is 1.42 bits per heavy atom. The van der Waals surface area contributed by atoms with Crippen LogP contribution in [0.4, 0.5) is 0 Å². The van der Waals surface area contributed by atoms with Gasteiger partial charge in [-0.3, -0.25) is 9.59 Å². The van der Waals surface area contributed by atoms with Crippen molar-refractivity contribution in [2.24, 2.45) is 0 Å². The zero-order valence-electron chi connectivity index (χ0n) is 6.94. The van der Waals surface area contributed by atoms with Crippen molar-refractivity contribution in [3.63, 3.8) is 0 Å². The normalized spacial score (nSPS) is 5.42. The van der Waals surface area contributed by atoms with Crippen molar-refractivity contribution in [1.29, 1.82) is 5.26 Å². The minimum Gasteiger partial charge on any atom is -0.481 e. The van der Waals surface area contributed by atoms with Crippen molar-refractivity contribution in [3.8, 4) is 6.07 Å². The lowest BCUT2D eigenvalue weighted by atomic mass is 10.8. The topological polar surface area (TPSA) is 98.4 Å². The van der Waals surface area contributed by atoms with E-state index in [-0.39, 0.29) is 0 Å². The van der Waals surface area contributed by atoms with E-state index in [1.165, 1.54) is 6.08 Å². The highest BCUT2D eigenvalue weighted by molar-refractivity contribution is 5.63. The number of rotatable bonds is 0. The van der Waals surface area contributed by atoms with Crippen LogP contribution in [0.1, 0.15) is 13.8 Å². The van der Waals surface area contributed by atoms with E-state index in [1.807, 2.05) is 0 Å². The molecule has 0 aliphatic heterocycles. The second-order valence-corrected chi connectivity index (χ2v) is 1.37. The van der Waals surface area contributed by atoms with Gasteiger partial charge in [-0.15, -0.1) is 0 Å². The molecule has 0 unspecified atom stereocenters. The molecular weight excluding hydrogens is 162 g/mol. The van der Waals surface area contributed by atoms with Gasteiger partial charge in [0.15, 0.2) is 0 Å². The summed E-state index contributed by atoms with van der Waals surface area (Å²) in [6.07, 6.45) is 1.18. The minimum atomic E-state index is -0.833. The molecule has 0 saturated heterocycles. The Hall–Kier alpha value is -1.83. The van der Waals surface area contributed by atoms with Crippen LogP contribution in [0.15, 0.2) is 12.7 Å². The maximum Gasteiger partial charge on any atom is 0.300 e. The maximum atomic E-state index is 9.00. The summed E-state index contributed by atoms with van der Waals surface area (Å²) in [4.78, 5) is 18.0. The smallest absolute Gasteiger partial charge is 0.300 e. The summed E-state index contributed by atoms with van der Waals surface area (Å²) in [6, 6.07) is 1.69. The average molecular weight is 173 g/mol. The Morgan fingerprint density at radius 1 is 1.33 bits per heavy atom. The molecule has 5 nitrogen and oxygen atoms in total. The zero-order chi connectivity index (χ0) is 10.6. The van der Waals surface area contributed by atoms with Gasteiger partial charge in [-0.05, 0) is 0 Å². The lowest BCUT2D eigenvalue weighted by molar-refractivity contribution is -0.135. The van der Waals surface area contributed by atoms with Crippen LogP contribution in [-0.4, -0.2) is 22.2 Å². The molecule has 2 N–H and O–H groups in total. The Balaban J connectivity index is -0.000000101. The van der Waals surface area contributed by atoms with Crippen LogP contribution < -0.4 is 0 Å². The summed E-state index contributed by atoms with van der Waals surface area (Å²) in [5, 5.41) is 22.3. The number of nitrogens with zero attached hydrogens (tertiary/aromatic N) is 1. The lowest BCUT2D eigenvalue weighted by Gasteiger charge is -1.59. The molecule has 0 radical (unpaired) electrons. The SMILES string of the molecule is C=CC#N.CC(=O)O.CC(=O)O. The molecule has 0 spiro atoms. The number of aliphatic carboxylic acids is 2. The van der Waals surface area contributed by atoms with E-state index >= 15 is 0 Å². The molecule has 68 valence electrons. The van der Waals surface area contributed by atoms with Gasteiger partial charge in [0.2, 0.25) is 0 Å². The molecule has 0 atom stereocenters. The minimum absolute atomic E-state index is 0.833. The van der Waals surface area contributed by atoms with Gasteiger partial charge in [-0.2, -0.15) is 5.26 Å². The highest BCUT2D eigenvalue weighted by atomic mass is 16.4. The Morgan fingerprint density at radius 2 is 1.42 bits per heavy atom. The number of nitriles is 1. The lowest BCUT2D eigenvalue weighted by Crippen LogP contribution is -1.78. The molecule has 12 heavy (non-hydrogen) atoms. The van der Waals surface area contributed by atoms with Crippen LogP contribution in [0.5, 0.6) is 0 Å². The largest absolute Gasteiger partial charge is 0.481 e. The molecule has 0 heterocycles. The number of hydrogen-bond acceptors (Lipinski definition) is 3. The third-order valence-electron chi connectivity index (χ3n) is 0.0913. The first kappa shape index (κ1) is 16.6. The van der Waals surface area contributed by atoms with Crippen LogP contribution in [0.25, 0.3) is 0 Å². The monoisotopic (exact) mass is 173 g/mol. The molecule has 0 aromatic rings.